The summed E-state index contributed by atoms with van der Waals surface area (Å²) in [5, 5.41) is 13.7. The number of carbonyl (C=O) groups is 1. The minimum Gasteiger partial charge on any atom is -0.322 e. The van der Waals surface area contributed by atoms with E-state index in [1.807, 2.05) is 0 Å². The van der Waals surface area contributed by atoms with E-state index in [1.54, 1.807) is 0 Å². The second-order valence-electron chi connectivity index (χ2n) is 5.80. The first-order chi connectivity index (χ1) is 12.3. The summed E-state index contributed by atoms with van der Waals surface area (Å²) in [5.41, 5.74) is -0.416. The van der Waals surface area contributed by atoms with Crippen LogP contribution in [0.4, 0.5) is 11.4 Å². The van der Waals surface area contributed by atoms with Crippen LogP contribution < -0.4 is 10.0 Å². The Morgan fingerprint density at radius 2 is 1.92 bits per heavy atom. The van der Waals surface area contributed by atoms with Gasteiger partial charge >= 0.3 is 0 Å². The summed E-state index contributed by atoms with van der Waals surface area (Å²) < 4.78 is 27.0. The highest BCUT2D eigenvalue weighted by Gasteiger charge is 2.28. The third kappa shape index (κ3) is 4.18. The van der Waals surface area contributed by atoms with E-state index >= 15 is 0 Å². The van der Waals surface area contributed by atoms with Gasteiger partial charge in [0.2, 0.25) is 10.0 Å². The molecule has 0 radical (unpaired) electrons. The number of carbonyl (C=O) groups excluding carboxylic acids is 1. The van der Waals surface area contributed by atoms with Crippen LogP contribution >= 0.6 is 11.6 Å². The van der Waals surface area contributed by atoms with Gasteiger partial charge < -0.3 is 5.32 Å². The molecule has 0 atom stereocenters. The number of sulfonamides is 1. The minimum atomic E-state index is -3.68. The Labute approximate surface area is 154 Å². The van der Waals surface area contributed by atoms with Crippen LogP contribution in [0.1, 0.15) is 23.2 Å². The van der Waals surface area contributed by atoms with Crippen LogP contribution in [0.25, 0.3) is 0 Å². The van der Waals surface area contributed by atoms with Crippen molar-refractivity contribution >= 4 is 38.9 Å². The van der Waals surface area contributed by atoms with E-state index in [1.165, 1.54) is 36.4 Å². The maximum Gasteiger partial charge on any atom is 0.282 e. The van der Waals surface area contributed by atoms with Gasteiger partial charge in [-0.3, -0.25) is 14.9 Å². The number of nitrogens with zero attached hydrogens (tertiary/aromatic N) is 1. The van der Waals surface area contributed by atoms with Gasteiger partial charge in [-0.1, -0.05) is 17.7 Å². The third-order valence-corrected chi connectivity index (χ3v) is 5.45. The van der Waals surface area contributed by atoms with E-state index in [9.17, 15) is 23.3 Å². The molecule has 1 aliphatic carbocycles. The van der Waals surface area contributed by atoms with Crippen molar-refractivity contribution in [2.24, 2.45) is 0 Å². The maximum atomic E-state index is 12.4. The number of rotatable bonds is 6. The molecule has 10 heteroatoms. The standard InChI is InChI=1S/C16H14ClN3O5S/c17-10-4-7-15(20(22)23)14(8-10)16(21)18-12-2-1-3-13(9-12)26(24,25)19-11-5-6-11/h1-4,7-9,11,19H,5-6H2,(H,18,21). The molecular weight excluding hydrogens is 382 g/mol. The lowest BCUT2D eigenvalue weighted by Gasteiger charge is -2.09. The number of benzene rings is 2. The fourth-order valence-electron chi connectivity index (χ4n) is 2.28. The Bertz CT molecular complexity index is 989. The van der Waals surface area contributed by atoms with Crippen LogP contribution in [0.15, 0.2) is 47.4 Å². The fraction of sp³-hybridized carbons (Fsp3) is 0.188. The molecule has 26 heavy (non-hydrogen) atoms. The van der Waals surface area contributed by atoms with E-state index in [0.29, 0.717) is 0 Å². The summed E-state index contributed by atoms with van der Waals surface area (Å²) in [4.78, 5) is 22.8. The van der Waals surface area contributed by atoms with Crippen LogP contribution in [-0.2, 0) is 10.0 Å². The molecule has 0 heterocycles. The van der Waals surface area contributed by atoms with Crippen LogP contribution in [0, 0.1) is 10.1 Å². The Balaban J connectivity index is 1.85. The first-order valence-electron chi connectivity index (χ1n) is 7.64. The highest BCUT2D eigenvalue weighted by molar-refractivity contribution is 7.89. The van der Waals surface area contributed by atoms with Gasteiger partial charge in [0.05, 0.1) is 9.82 Å². The zero-order valence-corrected chi connectivity index (χ0v) is 14.9. The largest absolute Gasteiger partial charge is 0.322 e. The van der Waals surface area contributed by atoms with E-state index < -0.39 is 26.5 Å². The molecule has 1 fully saturated rings. The van der Waals surface area contributed by atoms with Crippen molar-refractivity contribution in [3.05, 3.63) is 63.2 Å². The van der Waals surface area contributed by atoms with E-state index in [0.717, 1.165) is 18.9 Å². The van der Waals surface area contributed by atoms with Crippen molar-refractivity contribution in [1.29, 1.82) is 0 Å². The SMILES string of the molecule is O=C(Nc1cccc(S(=O)(=O)NC2CC2)c1)c1cc(Cl)ccc1[N+](=O)[O-]. The number of nitrogens with one attached hydrogen (secondary N) is 2. The monoisotopic (exact) mass is 395 g/mol. The molecule has 0 unspecified atom stereocenters. The van der Waals surface area contributed by atoms with Gasteiger partial charge in [-0.2, -0.15) is 0 Å². The number of nitro benzene ring substituents is 1. The lowest BCUT2D eigenvalue weighted by molar-refractivity contribution is -0.385. The predicted octanol–water partition coefficient (Wildman–Crippen LogP) is 2.94. The summed E-state index contributed by atoms with van der Waals surface area (Å²) in [6, 6.07) is 9.25. The number of hydrogen-bond donors (Lipinski definition) is 2. The van der Waals surface area contributed by atoms with Crippen molar-refractivity contribution in [2.45, 2.75) is 23.8 Å². The Hall–Kier alpha value is -2.49. The minimum absolute atomic E-state index is 0.00259. The van der Waals surface area contributed by atoms with Gasteiger partial charge in [0.15, 0.2) is 0 Å². The zero-order valence-electron chi connectivity index (χ0n) is 13.3. The molecule has 0 saturated heterocycles. The molecule has 1 amide bonds. The van der Waals surface area contributed by atoms with E-state index in [2.05, 4.69) is 10.0 Å². The van der Waals surface area contributed by atoms with Crippen molar-refractivity contribution < 1.29 is 18.1 Å². The normalized spacial score (nSPS) is 14.0. The van der Waals surface area contributed by atoms with Gasteiger partial charge in [0, 0.05) is 22.8 Å². The van der Waals surface area contributed by atoms with Crippen molar-refractivity contribution in [3.63, 3.8) is 0 Å². The number of anilines is 1. The Kier molecular flexibility index (Phi) is 4.94. The molecule has 1 saturated carbocycles. The molecule has 2 aromatic rings. The average Bonchev–Trinajstić information content (AvgIpc) is 3.38. The predicted molar refractivity (Wildman–Crippen MR) is 95.8 cm³/mol. The third-order valence-electron chi connectivity index (χ3n) is 3.70. The van der Waals surface area contributed by atoms with Gasteiger partial charge in [-0.25, -0.2) is 13.1 Å². The molecule has 0 aromatic heterocycles. The molecule has 136 valence electrons. The Morgan fingerprint density at radius 1 is 1.19 bits per heavy atom. The molecule has 2 aromatic carbocycles. The summed E-state index contributed by atoms with van der Waals surface area (Å²) in [6.07, 6.45) is 1.60. The van der Waals surface area contributed by atoms with Gasteiger partial charge in [0.25, 0.3) is 11.6 Å². The lowest BCUT2D eigenvalue weighted by atomic mass is 10.1. The van der Waals surface area contributed by atoms with Crippen molar-refractivity contribution in [2.75, 3.05) is 5.32 Å². The highest BCUT2D eigenvalue weighted by Crippen LogP contribution is 2.25. The summed E-state index contributed by atoms with van der Waals surface area (Å²) in [6.45, 7) is 0. The number of amides is 1. The Morgan fingerprint density at radius 3 is 2.58 bits per heavy atom. The highest BCUT2D eigenvalue weighted by atomic mass is 35.5. The topological polar surface area (TPSA) is 118 Å². The van der Waals surface area contributed by atoms with Gasteiger partial charge in [-0.05, 0) is 43.2 Å². The lowest BCUT2D eigenvalue weighted by Crippen LogP contribution is -2.25. The molecular formula is C16H14ClN3O5S. The van der Waals surface area contributed by atoms with Crippen molar-refractivity contribution in [3.8, 4) is 0 Å². The van der Waals surface area contributed by atoms with Gasteiger partial charge in [0.1, 0.15) is 5.56 Å². The molecule has 0 spiro atoms. The number of nitro groups is 1. The van der Waals surface area contributed by atoms with Crippen LogP contribution in [-0.4, -0.2) is 25.3 Å². The van der Waals surface area contributed by atoms with E-state index in [4.69, 9.17) is 11.6 Å². The summed E-state index contributed by atoms with van der Waals surface area (Å²) >= 11 is 5.82. The van der Waals surface area contributed by atoms with Gasteiger partial charge in [-0.15, -0.1) is 0 Å². The quantitative estimate of drug-likeness (QED) is 0.575. The number of hydrogen-bond acceptors (Lipinski definition) is 5. The summed E-state index contributed by atoms with van der Waals surface area (Å²) in [5.74, 6) is -0.760. The number of halogens is 1. The van der Waals surface area contributed by atoms with Crippen molar-refractivity contribution in [1.82, 2.24) is 4.72 Å². The average molecular weight is 396 g/mol. The summed E-state index contributed by atoms with van der Waals surface area (Å²) in [7, 11) is -3.68. The zero-order chi connectivity index (χ0) is 18.9. The molecule has 3 rings (SSSR count). The van der Waals surface area contributed by atoms with E-state index in [-0.39, 0.29) is 27.2 Å². The van der Waals surface area contributed by atoms with Crippen LogP contribution in [0.2, 0.25) is 5.02 Å². The molecule has 8 nitrogen and oxygen atoms in total. The molecule has 2 N–H and O–H groups in total. The first-order valence-corrected chi connectivity index (χ1v) is 9.50. The first kappa shape index (κ1) is 18.3. The molecule has 0 bridgehead atoms. The second kappa shape index (κ2) is 7.02. The maximum absolute atomic E-state index is 12.4. The fourth-order valence-corrected chi connectivity index (χ4v) is 3.80. The molecule has 0 aliphatic heterocycles. The second-order valence-corrected chi connectivity index (χ2v) is 7.95. The van der Waals surface area contributed by atoms with Crippen LogP contribution in [0.5, 0.6) is 0 Å². The van der Waals surface area contributed by atoms with Crippen LogP contribution in [0.3, 0.4) is 0 Å². The molecule has 1 aliphatic rings. The smallest absolute Gasteiger partial charge is 0.282 e.